The molecule has 14 heavy (non-hydrogen) atoms. The van der Waals surface area contributed by atoms with Crippen LogP contribution in [0.3, 0.4) is 0 Å². The Bertz CT molecular complexity index is 464. The molecule has 0 saturated carbocycles. The van der Waals surface area contributed by atoms with Gasteiger partial charge in [0, 0.05) is 23.9 Å². The molecule has 0 aliphatic carbocycles. The van der Waals surface area contributed by atoms with Gasteiger partial charge in [0.2, 0.25) is 0 Å². The van der Waals surface area contributed by atoms with Gasteiger partial charge in [-0.05, 0) is 41.0 Å². The topological polar surface area (TPSA) is 9.23 Å². The van der Waals surface area contributed by atoms with Crippen LogP contribution in [0.15, 0.2) is 22.4 Å². The minimum absolute atomic E-state index is 0.988. The highest BCUT2D eigenvalue weighted by Gasteiger charge is 2.09. The molecule has 0 N–H and O–H groups in total. The zero-order valence-corrected chi connectivity index (χ0v) is 11.6. The van der Waals surface area contributed by atoms with E-state index in [2.05, 4.69) is 46.4 Å². The molecule has 1 nitrogen and oxygen atoms in total. The van der Waals surface area contributed by atoms with E-state index in [1.807, 2.05) is 0 Å². The fourth-order valence-electron chi connectivity index (χ4n) is 1.33. The summed E-state index contributed by atoms with van der Waals surface area (Å²) in [6, 6.07) is 4.41. The lowest BCUT2D eigenvalue weighted by molar-refractivity contribution is 0.421. The van der Waals surface area contributed by atoms with E-state index in [0.29, 0.717) is 0 Å². The maximum absolute atomic E-state index is 5.32. The van der Waals surface area contributed by atoms with Gasteiger partial charge in [-0.2, -0.15) is 0 Å². The van der Waals surface area contributed by atoms with Gasteiger partial charge in [-0.25, -0.2) is 0 Å². The van der Waals surface area contributed by atoms with Crippen molar-refractivity contribution in [3.05, 3.63) is 21.1 Å². The van der Waals surface area contributed by atoms with Crippen LogP contribution in [0.1, 0.15) is 0 Å². The fourth-order valence-corrected chi connectivity index (χ4v) is 4.14. The van der Waals surface area contributed by atoms with Crippen molar-refractivity contribution >= 4 is 55.8 Å². The number of methoxy groups -OCH3 is 1. The van der Waals surface area contributed by atoms with Gasteiger partial charge in [0.15, 0.2) is 0 Å². The third kappa shape index (κ3) is 1.75. The summed E-state index contributed by atoms with van der Waals surface area (Å²) in [7, 11) is 1.72. The van der Waals surface area contributed by atoms with E-state index in [9.17, 15) is 0 Å². The minimum atomic E-state index is 0.988. The van der Waals surface area contributed by atoms with Crippen LogP contribution in [0.5, 0.6) is 5.75 Å². The van der Waals surface area contributed by atoms with E-state index in [0.717, 1.165) is 5.75 Å². The second kappa shape index (κ2) is 4.28. The first kappa shape index (κ1) is 10.6. The van der Waals surface area contributed by atoms with E-state index in [-0.39, 0.29) is 0 Å². The smallest absolute Gasteiger partial charge is 0.138 e. The van der Waals surface area contributed by atoms with E-state index in [4.69, 9.17) is 4.74 Å². The molecule has 0 unspecified atom stereocenters. The molecule has 1 heterocycles. The highest BCUT2D eigenvalue weighted by molar-refractivity contribution is 14.1. The van der Waals surface area contributed by atoms with Crippen molar-refractivity contribution in [3.8, 4) is 5.75 Å². The Morgan fingerprint density at radius 1 is 1.43 bits per heavy atom. The third-order valence-electron chi connectivity index (χ3n) is 2.02. The molecule has 0 bridgehead atoms. The van der Waals surface area contributed by atoms with E-state index >= 15 is 0 Å². The summed E-state index contributed by atoms with van der Waals surface area (Å²) >= 11 is 5.88. The number of rotatable bonds is 2. The SMILES string of the molecule is COc1csc2cc(SC)cc(I)c12. The summed E-state index contributed by atoms with van der Waals surface area (Å²) in [5, 5.41) is 3.31. The van der Waals surface area contributed by atoms with E-state index in [1.54, 1.807) is 30.2 Å². The molecule has 2 aromatic rings. The molecule has 0 spiro atoms. The first-order valence-electron chi connectivity index (χ1n) is 4.05. The van der Waals surface area contributed by atoms with Crippen molar-refractivity contribution in [2.75, 3.05) is 13.4 Å². The zero-order chi connectivity index (χ0) is 10.1. The number of ether oxygens (including phenoxy) is 1. The maximum atomic E-state index is 5.32. The Hall–Kier alpha value is 0.0600. The number of thiophene rings is 1. The van der Waals surface area contributed by atoms with Crippen molar-refractivity contribution in [1.82, 2.24) is 0 Å². The van der Waals surface area contributed by atoms with Gasteiger partial charge in [-0.15, -0.1) is 23.1 Å². The van der Waals surface area contributed by atoms with Gasteiger partial charge in [0.05, 0.1) is 7.11 Å². The molecule has 4 heteroatoms. The Morgan fingerprint density at radius 2 is 2.21 bits per heavy atom. The number of fused-ring (bicyclic) bond motifs is 1. The largest absolute Gasteiger partial charge is 0.495 e. The molecule has 0 aliphatic rings. The van der Waals surface area contributed by atoms with Crippen LogP contribution in [-0.2, 0) is 0 Å². The van der Waals surface area contributed by atoms with Crippen molar-refractivity contribution in [1.29, 1.82) is 0 Å². The molecule has 0 aliphatic heterocycles. The highest BCUT2D eigenvalue weighted by atomic mass is 127. The summed E-state index contributed by atoms with van der Waals surface area (Å²) in [4.78, 5) is 1.31. The normalized spacial score (nSPS) is 10.8. The second-order valence-electron chi connectivity index (χ2n) is 2.79. The van der Waals surface area contributed by atoms with E-state index < -0.39 is 0 Å². The molecule has 74 valence electrons. The van der Waals surface area contributed by atoms with Crippen LogP contribution < -0.4 is 4.74 Å². The number of benzene rings is 1. The Kier molecular flexibility index (Phi) is 3.23. The molecule has 0 fully saturated rings. The van der Waals surface area contributed by atoms with Crippen LogP contribution in [0.25, 0.3) is 10.1 Å². The van der Waals surface area contributed by atoms with Gasteiger partial charge >= 0.3 is 0 Å². The summed E-state index contributed by atoms with van der Waals surface area (Å²) < 4.78 is 7.89. The Morgan fingerprint density at radius 3 is 2.86 bits per heavy atom. The molecule has 1 aromatic heterocycles. The molecular formula is C10H9IOS2. The molecule has 0 radical (unpaired) electrons. The van der Waals surface area contributed by atoms with Gasteiger partial charge in [-0.1, -0.05) is 0 Å². The standard InChI is InChI=1S/C10H9IOS2/c1-12-8-5-14-9-4-6(13-2)3-7(11)10(8)9/h3-5H,1-2H3. The lowest BCUT2D eigenvalue weighted by Crippen LogP contribution is -1.82. The first-order valence-corrected chi connectivity index (χ1v) is 7.23. The predicted octanol–water partition coefficient (Wildman–Crippen LogP) is 4.24. The average molecular weight is 336 g/mol. The first-order chi connectivity index (χ1) is 6.76. The Balaban J connectivity index is 2.72. The molecule has 0 saturated heterocycles. The number of hydrogen-bond acceptors (Lipinski definition) is 3. The van der Waals surface area contributed by atoms with Gasteiger partial charge in [-0.3, -0.25) is 0 Å². The van der Waals surface area contributed by atoms with Crippen LogP contribution in [0.4, 0.5) is 0 Å². The van der Waals surface area contributed by atoms with Gasteiger partial charge in [0.25, 0.3) is 0 Å². The van der Waals surface area contributed by atoms with Crippen LogP contribution in [0.2, 0.25) is 0 Å². The van der Waals surface area contributed by atoms with Crippen molar-refractivity contribution in [2.24, 2.45) is 0 Å². The summed E-state index contributed by atoms with van der Waals surface area (Å²) in [5.41, 5.74) is 0. The maximum Gasteiger partial charge on any atom is 0.138 e. The molecule has 0 amide bonds. The van der Waals surface area contributed by atoms with Crippen LogP contribution in [-0.4, -0.2) is 13.4 Å². The zero-order valence-electron chi connectivity index (χ0n) is 7.83. The van der Waals surface area contributed by atoms with Crippen molar-refractivity contribution in [3.63, 3.8) is 0 Å². The highest BCUT2D eigenvalue weighted by Crippen LogP contribution is 2.37. The summed E-state index contributed by atoms with van der Waals surface area (Å²) in [6.07, 6.45) is 2.10. The van der Waals surface area contributed by atoms with Crippen LogP contribution in [0, 0.1) is 3.57 Å². The number of halogens is 1. The molecular weight excluding hydrogens is 327 g/mol. The van der Waals surface area contributed by atoms with E-state index in [1.165, 1.54) is 18.6 Å². The molecule has 0 atom stereocenters. The second-order valence-corrected chi connectivity index (χ2v) is 5.74. The minimum Gasteiger partial charge on any atom is -0.495 e. The predicted molar refractivity (Wildman–Crippen MR) is 72.9 cm³/mol. The van der Waals surface area contributed by atoms with Crippen LogP contribution >= 0.6 is 45.7 Å². The molecule has 1 aromatic carbocycles. The quantitative estimate of drug-likeness (QED) is 0.599. The lowest BCUT2D eigenvalue weighted by Gasteiger charge is -2.02. The Labute approximate surface area is 105 Å². The summed E-state index contributed by atoms with van der Waals surface area (Å²) in [6.45, 7) is 0. The third-order valence-corrected chi connectivity index (χ3v) is 4.49. The summed E-state index contributed by atoms with van der Waals surface area (Å²) in [5.74, 6) is 0.988. The molecule has 2 rings (SSSR count). The average Bonchev–Trinajstić information content (AvgIpc) is 2.61. The van der Waals surface area contributed by atoms with Crippen molar-refractivity contribution < 1.29 is 4.74 Å². The number of hydrogen-bond donors (Lipinski definition) is 0. The lowest BCUT2D eigenvalue weighted by atomic mass is 10.2. The van der Waals surface area contributed by atoms with Gasteiger partial charge < -0.3 is 4.74 Å². The van der Waals surface area contributed by atoms with Crippen molar-refractivity contribution in [2.45, 2.75) is 4.90 Å². The fraction of sp³-hybridized carbons (Fsp3) is 0.200. The van der Waals surface area contributed by atoms with Gasteiger partial charge in [0.1, 0.15) is 5.75 Å². The monoisotopic (exact) mass is 336 g/mol. The number of thioether (sulfide) groups is 1.